The summed E-state index contributed by atoms with van der Waals surface area (Å²) in [6, 6.07) is 8.23. The molecule has 1 saturated heterocycles. The molecule has 2 aliphatic heterocycles. The number of carbonyl (C=O) groups excluding carboxylic acids is 1. The summed E-state index contributed by atoms with van der Waals surface area (Å²) in [7, 11) is 0. The van der Waals surface area contributed by atoms with Crippen molar-refractivity contribution in [2.45, 2.75) is 19.1 Å². The maximum absolute atomic E-state index is 14.3. The van der Waals surface area contributed by atoms with Crippen LogP contribution in [0.25, 0.3) is 0 Å². The highest BCUT2D eigenvalue weighted by molar-refractivity contribution is 5.95. The molecule has 6 heteroatoms. The SMILES string of the molecule is O=C(c1cc2c(cc1F)OC(c1ccc(F)cc1)O2)N1CCCC1. The fraction of sp³-hybridized carbons (Fsp3) is 0.278. The van der Waals surface area contributed by atoms with E-state index in [0.717, 1.165) is 12.8 Å². The first kappa shape index (κ1) is 14.9. The van der Waals surface area contributed by atoms with Gasteiger partial charge < -0.3 is 14.4 Å². The Morgan fingerprint density at radius 3 is 2.29 bits per heavy atom. The van der Waals surface area contributed by atoms with Crippen molar-refractivity contribution in [3.05, 3.63) is 59.2 Å². The highest BCUT2D eigenvalue weighted by atomic mass is 19.1. The van der Waals surface area contributed by atoms with E-state index in [-0.39, 0.29) is 23.0 Å². The molecule has 4 nitrogen and oxygen atoms in total. The summed E-state index contributed by atoms with van der Waals surface area (Å²) in [6.07, 6.45) is 1.09. The van der Waals surface area contributed by atoms with Crippen molar-refractivity contribution in [3.63, 3.8) is 0 Å². The smallest absolute Gasteiger partial charge is 0.267 e. The number of ether oxygens (including phenoxy) is 2. The van der Waals surface area contributed by atoms with E-state index >= 15 is 0 Å². The van der Waals surface area contributed by atoms with Crippen molar-refractivity contribution in [2.24, 2.45) is 0 Å². The van der Waals surface area contributed by atoms with Gasteiger partial charge in [-0.3, -0.25) is 4.79 Å². The molecular weight excluding hydrogens is 316 g/mol. The van der Waals surface area contributed by atoms with Gasteiger partial charge in [-0.15, -0.1) is 0 Å². The molecule has 2 heterocycles. The molecule has 0 N–H and O–H groups in total. The predicted molar refractivity (Wildman–Crippen MR) is 81.9 cm³/mol. The summed E-state index contributed by atoms with van der Waals surface area (Å²) >= 11 is 0. The number of amides is 1. The molecule has 0 radical (unpaired) electrons. The number of carbonyl (C=O) groups is 1. The fourth-order valence-corrected chi connectivity index (χ4v) is 2.98. The lowest BCUT2D eigenvalue weighted by atomic mass is 10.1. The van der Waals surface area contributed by atoms with E-state index in [2.05, 4.69) is 0 Å². The van der Waals surface area contributed by atoms with Crippen molar-refractivity contribution in [2.75, 3.05) is 13.1 Å². The Morgan fingerprint density at radius 1 is 1.00 bits per heavy atom. The van der Waals surface area contributed by atoms with Gasteiger partial charge in [0.15, 0.2) is 11.5 Å². The van der Waals surface area contributed by atoms with E-state index in [1.165, 1.54) is 24.3 Å². The van der Waals surface area contributed by atoms with Gasteiger partial charge in [-0.1, -0.05) is 0 Å². The number of rotatable bonds is 2. The van der Waals surface area contributed by atoms with Crippen molar-refractivity contribution in [1.82, 2.24) is 4.90 Å². The average Bonchev–Trinajstić information content (AvgIpc) is 3.23. The van der Waals surface area contributed by atoms with Crippen molar-refractivity contribution in [1.29, 1.82) is 0 Å². The van der Waals surface area contributed by atoms with Gasteiger partial charge in [-0.2, -0.15) is 0 Å². The van der Waals surface area contributed by atoms with Gasteiger partial charge in [0.2, 0.25) is 0 Å². The Hall–Kier alpha value is -2.63. The van der Waals surface area contributed by atoms with Crippen LogP contribution in [0.5, 0.6) is 11.5 Å². The van der Waals surface area contributed by atoms with Crippen LogP contribution < -0.4 is 9.47 Å². The molecule has 0 aromatic heterocycles. The van der Waals surface area contributed by atoms with Crippen LogP contribution in [0, 0.1) is 11.6 Å². The zero-order valence-electron chi connectivity index (χ0n) is 12.8. The van der Waals surface area contributed by atoms with Gasteiger partial charge in [-0.05, 0) is 43.2 Å². The van der Waals surface area contributed by atoms with Gasteiger partial charge in [0, 0.05) is 24.7 Å². The molecule has 0 aliphatic carbocycles. The van der Waals surface area contributed by atoms with Crippen LogP contribution in [0.4, 0.5) is 8.78 Å². The summed E-state index contributed by atoms with van der Waals surface area (Å²) in [5, 5.41) is 0. The monoisotopic (exact) mass is 331 g/mol. The van der Waals surface area contributed by atoms with Gasteiger partial charge in [0.25, 0.3) is 12.2 Å². The lowest BCUT2D eigenvalue weighted by Gasteiger charge is -2.15. The topological polar surface area (TPSA) is 38.8 Å². The molecule has 4 rings (SSSR count). The standard InChI is InChI=1S/C18H15F2NO3/c19-12-5-3-11(4-6-12)18-23-15-9-13(14(20)10-16(15)24-18)17(22)21-7-1-2-8-21/h3-6,9-10,18H,1-2,7-8H2. The molecule has 1 amide bonds. The molecule has 124 valence electrons. The second-order valence-electron chi connectivity index (χ2n) is 5.90. The largest absolute Gasteiger partial charge is 0.447 e. The third-order valence-corrected chi connectivity index (χ3v) is 4.27. The summed E-state index contributed by atoms with van der Waals surface area (Å²) in [5.41, 5.74) is 0.597. The van der Waals surface area contributed by atoms with Crippen LogP contribution >= 0.6 is 0 Å². The molecule has 2 aromatic rings. The Balaban J connectivity index is 1.60. The van der Waals surface area contributed by atoms with Crippen LogP contribution in [-0.4, -0.2) is 23.9 Å². The Labute approximate surface area is 137 Å². The molecule has 1 fully saturated rings. The summed E-state index contributed by atoms with van der Waals surface area (Å²) < 4.78 is 38.5. The number of nitrogens with zero attached hydrogens (tertiary/aromatic N) is 1. The lowest BCUT2D eigenvalue weighted by Crippen LogP contribution is -2.28. The average molecular weight is 331 g/mol. The first-order valence-electron chi connectivity index (χ1n) is 7.83. The molecule has 2 aliphatic rings. The number of benzene rings is 2. The molecule has 24 heavy (non-hydrogen) atoms. The van der Waals surface area contributed by atoms with Crippen molar-refractivity contribution < 1.29 is 23.0 Å². The van der Waals surface area contributed by atoms with E-state index in [9.17, 15) is 13.6 Å². The number of halogens is 2. The number of fused-ring (bicyclic) bond motifs is 1. The van der Waals surface area contributed by atoms with Gasteiger partial charge in [-0.25, -0.2) is 8.78 Å². The lowest BCUT2D eigenvalue weighted by molar-refractivity contribution is 0.0485. The minimum Gasteiger partial charge on any atom is -0.447 e. The predicted octanol–water partition coefficient (Wildman–Crippen LogP) is 3.67. The molecule has 0 spiro atoms. The summed E-state index contributed by atoms with van der Waals surface area (Å²) in [4.78, 5) is 14.0. The minimum absolute atomic E-state index is 0.0148. The Morgan fingerprint density at radius 2 is 1.62 bits per heavy atom. The van der Waals surface area contributed by atoms with Crippen LogP contribution in [0.3, 0.4) is 0 Å². The van der Waals surface area contributed by atoms with Crippen molar-refractivity contribution >= 4 is 5.91 Å². The summed E-state index contributed by atoms with van der Waals surface area (Å²) in [5.74, 6) is -0.775. The third-order valence-electron chi connectivity index (χ3n) is 4.27. The van der Waals surface area contributed by atoms with E-state index in [4.69, 9.17) is 9.47 Å². The summed E-state index contributed by atoms with van der Waals surface area (Å²) in [6.45, 7) is 1.29. The quantitative estimate of drug-likeness (QED) is 0.843. The van der Waals surface area contributed by atoms with Crippen molar-refractivity contribution in [3.8, 4) is 11.5 Å². The highest BCUT2D eigenvalue weighted by Crippen LogP contribution is 2.42. The number of hydrogen-bond donors (Lipinski definition) is 0. The van der Waals surface area contributed by atoms with Gasteiger partial charge >= 0.3 is 0 Å². The van der Waals surface area contributed by atoms with E-state index in [0.29, 0.717) is 24.4 Å². The van der Waals surface area contributed by atoms with Gasteiger partial charge in [0.1, 0.15) is 11.6 Å². The normalized spacial score (nSPS) is 18.9. The zero-order valence-corrected chi connectivity index (χ0v) is 12.8. The minimum atomic E-state index is -0.780. The van der Waals surface area contributed by atoms with Crippen LogP contribution in [0.2, 0.25) is 0 Å². The van der Waals surface area contributed by atoms with Crippen LogP contribution in [-0.2, 0) is 0 Å². The van der Waals surface area contributed by atoms with E-state index in [1.54, 1.807) is 17.0 Å². The Bertz CT molecular complexity index is 786. The Kier molecular flexibility index (Phi) is 3.59. The molecule has 0 saturated carbocycles. The molecule has 2 aromatic carbocycles. The van der Waals surface area contributed by atoms with Gasteiger partial charge in [0.05, 0.1) is 5.56 Å². The number of likely N-dealkylation sites (tertiary alicyclic amines) is 1. The molecular formula is C18H15F2NO3. The molecule has 1 unspecified atom stereocenters. The highest BCUT2D eigenvalue weighted by Gasteiger charge is 2.30. The number of hydrogen-bond acceptors (Lipinski definition) is 3. The molecule has 0 bridgehead atoms. The van der Waals surface area contributed by atoms with Crippen LogP contribution in [0.1, 0.15) is 35.1 Å². The third kappa shape index (κ3) is 2.58. The first-order valence-corrected chi connectivity index (χ1v) is 7.83. The maximum Gasteiger partial charge on any atom is 0.267 e. The van der Waals surface area contributed by atoms with E-state index < -0.39 is 12.1 Å². The second-order valence-corrected chi connectivity index (χ2v) is 5.90. The first-order chi connectivity index (χ1) is 11.6. The fourth-order valence-electron chi connectivity index (χ4n) is 2.98. The zero-order chi connectivity index (χ0) is 16.7. The van der Waals surface area contributed by atoms with Crippen LogP contribution in [0.15, 0.2) is 36.4 Å². The second kappa shape index (κ2) is 5.78. The maximum atomic E-state index is 14.3. The van der Waals surface area contributed by atoms with E-state index in [1.807, 2.05) is 0 Å². The molecule has 1 atom stereocenters.